The second-order valence-electron chi connectivity index (χ2n) is 8.22. The Morgan fingerprint density at radius 1 is 0.759 bits per heavy atom. The van der Waals surface area contributed by atoms with Crippen molar-refractivity contribution in [2.75, 3.05) is 54.4 Å². The molecule has 2 heterocycles. The first kappa shape index (κ1) is 19.6. The first-order valence-corrected chi connectivity index (χ1v) is 10.8. The number of rotatable bonds is 3. The van der Waals surface area contributed by atoms with Crippen molar-refractivity contribution in [2.24, 2.45) is 0 Å². The molecule has 0 bridgehead atoms. The summed E-state index contributed by atoms with van der Waals surface area (Å²) in [5.74, 6) is 0. The molecule has 154 valence electrons. The number of piperazine rings is 1. The summed E-state index contributed by atoms with van der Waals surface area (Å²) in [6.07, 6.45) is 3.96. The maximum absolute atomic E-state index is 12.7. The number of urea groups is 1. The number of piperidine rings is 1. The summed E-state index contributed by atoms with van der Waals surface area (Å²) in [5.41, 5.74) is 5.82. The molecular weight excluding hydrogens is 360 g/mol. The Labute approximate surface area is 174 Å². The fourth-order valence-electron chi connectivity index (χ4n) is 4.27. The predicted octanol–water partition coefficient (Wildman–Crippen LogP) is 4.65. The molecule has 1 N–H and O–H groups in total. The first-order valence-electron chi connectivity index (χ1n) is 10.8. The van der Waals surface area contributed by atoms with Gasteiger partial charge in [-0.25, -0.2) is 4.79 Å². The van der Waals surface area contributed by atoms with Crippen molar-refractivity contribution in [1.29, 1.82) is 0 Å². The number of hydrogen-bond donors (Lipinski definition) is 1. The first-order chi connectivity index (χ1) is 14.1. The topological polar surface area (TPSA) is 38.8 Å². The van der Waals surface area contributed by atoms with E-state index < -0.39 is 0 Å². The van der Waals surface area contributed by atoms with E-state index in [0.717, 1.165) is 37.4 Å². The van der Waals surface area contributed by atoms with Crippen LogP contribution in [0.25, 0.3) is 0 Å². The second-order valence-corrected chi connectivity index (χ2v) is 8.22. The Balaban J connectivity index is 1.32. The molecule has 2 aliphatic rings. The fraction of sp³-hybridized carbons (Fsp3) is 0.458. The predicted molar refractivity (Wildman–Crippen MR) is 121 cm³/mol. The van der Waals surface area contributed by atoms with Crippen molar-refractivity contribution in [3.63, 3.8) is 0 Å². The number of carbonyl (C=O) groups excluding carboxylic acids is 1. The van der Waals surface area contributed by atoms with Crippen LogP contribution in [-0.2, 0) is 0 Å². The highest BCUT2D eigenvalue weighted by molar-refractivity contribution is 5.90. The van der Waals surface area contributed by atoms with Crippen LogP contribution in [0.3, 0.4) is 0 Å². The molecule has 2 amide bonds. The van der Waals surface area contributed by atoms with Gasteiger partial charge in [0, 0.05) is 56.3 Å². The number of carbonyl (C=O) groups is 1. The second kappa shape index (κ2) is 8.76. The van der Waals surface area contributed by atoms with Crippen LogP contribution in [0.4, 0.5) is 21.9 Å². The van der Waals surface area contributed by atoms with E-state index in [0.29, 0.717) is 0 Å². The zero-order chi connectivity index (χ0) is 20.2. The van der Waals surface area contributed by atoms with Crippen LogP contribution in [0.1, 0.15) is 30.4 Å². The van der Waals surface area contributed by atoms with Gasteiger partial charge in [-0.3, -0.25) is 0 Å². The zero-order valence-corrected chi connectivity index (χ0v) is 17.7. The SMILES string of the molecule is Cc1cccc(NC(=O)N2CCN(c3ccc(N4CCCCC4)cc3)CC2)c1C. The number of nitrogens with zero attached hydrogens (tertiary/aromatic N) is 3. The fourth-order valence-corrected chi connectivity index (χ4v) is 4.27. The van der Waals surface area contributed by atoms with Gasteiger partial charge >= 0.3 is 6.03 Å². The minimum atomic E-state index is -0.00111. The Kier molecular flexibility index (Phi) is 5.93. The normalized spacial score (nSPS) is 17.4. The van der Waals surface area contributed by atoms with Crippen LogP contribution in [0.5, 0.6) is 0 Å². The number of benzene rings is 2. The molecule has 2 fully saturated rings. The summed E-state index contributed by atoms with van der Waals surface area (Å²) in [6, 6.07) is 15.0. The highest BCUT2D eigenvalue weighted by Gasteiger charge is 2.22. The van der Waals surface area contributed by atoms with E-state index in [4.69, 9.17) is 0 Å². The van der Waals surface area contributed by atoms with Gasteiger partial charge in [-0.15, -0.1) is 0 Å². The molecule has 0 saturated carbocycles. The standard InChI is InChI=1S/C24H32N4O/c1-19-7-6-8-23(20(19)2)25-24(29)28-17-15-27(16-18-28)22-11-9-21(10-12-22)26-13-4-3-5-14-26/h6-12H,3-5,13-18H2,1-2H3,(H,25,29). The van der Waals surface area contributed by atoms with Gasteiger partial charge < -0.3 is 20.0 Å². The van der Waals surface area contributed by atoms with Gasteiger partial charge in [-0.05, 0) is 74.6 Å². The average molecular weight is 393 g/mol. The van der Waals surface area contributed by atoms with Gasteiger partial charge in [0.15, 0.2) is 0 Å². The van der Waals surface area contributed by atoms with Gasteiger partial charge in [0.05, 0.1) is 0 Å². The number of amides is 2. The molecule has 29 heavy (non-hydrogen) atoms. The molecule has 5 nitrogen and oxygen atoms in total. The number of aryl methyl sites for hydroxylation is 1. The third kappa shape index (κ3) is 4.50. The molecule has 0 aliphatic carbocycles. The van der Waals surface area contributed by atoms with E-state index in [-0.39, 0.29) is 6.03 Å². The highest BCUT2D eigenvalue weighted by atomic mass is 16.2. The van der Waals surface area contributed by atoms with Crippen LogP contribution in [0.2, 0.25) is 0 Å². The van der Waals surface area contributed by atoms with Crippen LogP contribution < -0.4 is 15.1 Å². The molecular formula is C24H32N4O. The van der Waals surface area contributed by atoms with E-state index in [1.54, 1.807) is 0 Å². The summed E-state index contributed by atoms with van der Waals surface area (Å²) in [6.45, 7) is 9.68. The van der Waals surface area contributed by atoms with Gasteiger partial charge in [0.25, 0.3) is 0 Å². The van der Waals surface area contributed by atoms with Crippen molar-refractivity contribution in [3.8, 4) is 0 Å². The van der Waals surface area contributed by atoms with Crippen LogP contribution >= 0.6 is 0 Å². The third-order valence-electron chi connectivity index (χ3n) is 6.35. The summed E-state index contributed by atoms with van der Waals surface area (Å²) >= 11 is 0. The third-order valence-corrected chi connectivity index (χ3v) is 6.35. The number of nitrogens with one attached hydrogen (secondary N) is 1. The summed E-state index contributed by atoms with van der Waals surface area (Å²) in [4.78, 5) is 19.5. The van der Waals surface area contributed by atoms with Crippen molar-refractivity contribution in [1.82, 2.24) is 4.90 Å². The largest absolute Gasteiger partial charge is 0.372 e. The molecule has 2 aliphatic heterocycles. The quantitative estimate of drug-likeness (QED) is 0.826. The minimum Gasteiger partial charge on any atom is -0.372 e. The van der Waals surface area contributed by atoms with Crippen LogP contribution in [0, 0.1) is 13.8 Å². The van der Waals surface area contributed by atoms with Crippen molar-refractivity contribution >= 4 is 23.1 Å². The molecule has 4 rings (SSSR count). The monoisotopic (exact) mass is 392 g/mol. The summed E-state index contributed by atoms with van der Waals surface area (Å²) < 4.78 is 0. The van der Waals surface area contributed by atoms with Crippen molar-refractivity contribution < 1.29 is 4.79 Å². The molecule has 0 radical (unpaired) electrons. The highest BCUT2D eigenvalue weighted by Crippen LogP contribution is 2.25. The molecule has 5 heteroatoms. The molecule has 2 saturated heterocycles. The van der Waals surface area contributed by atoms with Gasteiger partial charge in [-0.2, -0.15) is 0 Å². The Morgan fingerprint density at radius 3 is 1.97 bits per heavy atom. The Morgan fingerprint density at radius 2 is 1.34 bits per heavy atom. The molecule has 0 spiro atoms. The van der Waals surface area contributed by atoms with Gasteiger partial charge in [-0.1, -0.05) is 12.1 Å². The lowest BCUT2D eigenvalue weighted by molar-refractivity contribution is 0.208. The molecule has 2 aromatic rings. The molecule has 2 aromatic carbocycles. The van der Waals surface area contributed by atoms with E-state index in [2.05, 4.69) is 59.3 Å². The van der Waals surface area contributed by atoms with Gasteiger partial charge in [0.1, 0.15) is 0 Å². The van der Waals surface area contributed by atoms with Gasteiger partial charge in [0.2, 0.25) is 0 Å². The Bertz CT molecular complexity index is 834. The maximum Gasteiger partial charge on any atom is 0.321 e. The minimum absolute atomic E-state index is 0.00111. The molecule has 0 unspecified atom stereocenters. The van der Waals surface area contributed by atoms with Crippen LogP contribution in [0.15, 0.2) is 42.5 Å². The average Bonchev–Trinajstić information content (AvgIpc) is 2.78. The molecule has 0 atom stereocenters. The number of anilines is 3. The van der Waals surface area contributed by atoms with Crippen molar-refractivity contribution in [2.45, 2.75) is 33.1 Å². The smallest absolute Gasteiger partial charge is 0.321 e. The van der Waals surface area contributed by atoms with E-state index in [1.807, 2.05) is 17.0 Å². The lowest BCUT2D eigenvalue weighted by Crippen LogP contribution is -2.50. The summed E-state index contributed by atoms with van der Waals surface area (Å²) in [7, 11) is 0. The zero-order valence-electron chi connectivity index (χ0n) is 17.7. The van der Waals surface area contributed by atoms with Crippen LogP contribution in [-0.4, -0.2) is 50.2 Å². The van der Waals surface area contributed by atoms with E-state index >= 15 is 0 Å². The van der Waals surface area contributed by atoms with Crippen molar-refractivity contribution in [3.05, 3.63) is 53.6 Å². The lowest BCUT2D eigenvalue weighted by Gasteiger charge is -2.36. The summed E-state index contributed by atoms with van der Waals surface area (Å²) in [5, 5.41) is 3.08. The number of hydrogen-bond acceptors (Lipinski definition) is 3. The van der Waals surface area contributed by atoms with E-state index in [9.17, 15) is 4.79 Å². The maximum atomic E-state index is 12.7. The molecule has 0 aromatic heterocycles. The lowest BCUT2D eigenvalue weighted by atomic mass is 10.1. The van der Waals surface area contributed by atoms with E-state index in [1.165, 1.54) is 49.3 Å². The Hall–Kier alpha value is -2.69.